The van der Waals surface area contributed by atoms with Crippen molar-refractivity contribution in [2.45, 2.75) is 25.3 Å². The molecule has 1 heterocycles. The fourth-order valence-electron chi connectivity index (χ4n) is 3.92. The van der Waals surface area contributed by atoms with Gasteiger partial charge in [-0.1, -0.05) is 24.3 Å². The first-order valence-electron chi connectivity index (χ1n) is 12.7. The average Bonchev–Trinajstić information content (AvgIpc) is 3.48. The summed E-state index contributed by atoms with van der Waals surface area (Å²) in [5.74, 6) is 0.221. The van der Waals surface area contributed by atoms with Gasteiger partial charge in [0.25, 0.3) is 21.8 Å². The van der Waals surface area contributed by atoms with Crippen LogP contribution in [0.1, 0.15) is 22.5 Å². The second kappa shape index (κ2) is 13.4. The lowest BCUT2D eigenvalue weighted by atomic mass is 10.1. The van der Waals surface area contributed by atoms with E-state index in [9.17, 15) is 18.0 Å². The summed E-state index contributed by atoms with van der Waals surface area (Å²) >= 11 is 0. The van der Waals surface area contributed by atoms with Crippen molar-refractivity contribution in [3.63, 3.8) is 0 Å². The van der Waals surface area contributed by atoms with Gasteiger partial charge in [-0.2, -0.15) is 5.10 Å². The summed E-state index contributed by atoms with van der Waals surface area (Å²) in [6, 6.07) is 23.6. The van der Waals surface area contributed by atoms with Crippen molar-refractivity contribution >= 4 is 33.7 Å². The number of nitrogens with one attached hydrogen (secondary N) is 2. The molecule has 3 aromatic carbocycles. The molecule has 11 heteroatoms. The third-order valence-corrected chi connectivity index (χ3v) is 7.59. The number of hydrogen-bond donors (Lipinski definition) is 2. The molecule has 41 heavy (non-hydrogen) atoms. The Balaban J connectivity index is 1.35. The third-order valence-electron chi connectivity index (χ3n) is 5.81. The molecular weight excluding hydrogens is 544 g/mol. The molecule has 0 radical (unpaired) electrons. The zero-order valence-electron chi connectivity index (χ0n) is 22.6. The molecule has 2 amide bonds. The normalized spacial score (nSPS) is 11.3. The van der Waals surface area contributed by atoms with Crippen molar-refractivity contribution < 1.29 is 27.2 Å². The van der Waals surface area contributed by atoms with Gasteiger partial charge >= 0.3 is 0 Å². The molecule has 2 N–H and O–H groups in total. The number of hydrazone groups is 1. The van der Waals surface area contributed by atoms with Crippen molar-refractivity contribution in [1.82, 2.24) is 10.7 Å². The van der Waals surface area contributed by atoms with Gasteiger partial charge in [0.1, 0.15) is 18.1 Å². The summed E-state index contributed by atoms with van der Waals surface area (Å²) in [5.41, 5.74) is 5.18. The van der Waals surface area contributed by atoms with Crippen LogP contribution in [0.4, 0.5) is 5.69 Å². The van der Waals surface area contributed by atoms with Gasteiger partial charge in [0.05, 0.1) is 29.6 Å². The van der Waals surface area contributed by atoms with Crippen LogP contribution in [0.5, 0.6) is 5.75 Å². The van der Waals surface area contributed by atoms with Gasteiger partial charge in [-0.15, -0.1) is 0 Å². The van der Waals surface area contributed by atoms with Gasteiger partial charge in [-0.05, 0) is 91.2 Å². The van der Waals surface area contributed by atoms with E-state index in [4.69, 9.17) is 9.15 Å². The second-order valence-electron chi connectivity index (χ2n) is 9.18. The quantitative estimate of drug-likeness (QED) is 0.195. The molecule has 0 fully saturated rings. The van der Waals surface area contributed by atoms with Crippen molar-refractivity contribution in [3.8, 4) is 5.75 Å². The van der Waals surface area contributed by atoms with Gasteiger partial charge in [-0.25, -0.2) is 13.8 Å². The van der Waals surface area contributed by atoms with Gasteiger partial charge in [0, 0.05) is 0 Å². The summed E-state index contributed by atoms with van der Waals surface area (Å²) in [4.78, 5) is 24.8. The maximum Gasteiger partial charge on any atom is 0.264 e. The van der Waals surface area contributed by atoms with Crippen LogP contribution in [-0.4, -0.2) is 39.6 Å². The Bertz CT molecular complexity index is 1580. The summed E-state index contributed by atoms with van der Waals surface area (Å²) in [6.07, 6.45) is 2.95. The number of carbonyl (C=O) groups excluding carboxylic acids is 2. The minimum atomic E-state index is -4.02. The SMILES string of the molecule is Cc1cc(C)cc(N(CC(=O)N/N=C\c2ccc(OCC(=O)NCc3ccco3)cc2)S(=O)(=O)c2ccccc2)c1. The molecule has 212 valence electrons. The van der Waals surface area contributed by atoms with Crippen molar-refractivity contribution in [1.29, 1.82) is 0 Å². The van der Waals surface area contributed by atoms with Crippen LogP contribution in [0, 0.1) is 13.8 Å². The average molecular weight is 575 g/mol. The topological polar surface area (TPSA) is 130 Å². The first-order valence-corrected chi connectivity index (χ1v) is 14.1. The number of carbonyl (C=O) groups is 2. The standard InChI is InChI=1S/C30H30N4O6S/c1-22-15-23(2)17-25(16-22)34(41(37,38)28-8-4-3-5-9-28)20-29(35)33-32-18-24-10-12-26(13-11-24)40-21-30(36)31-19-27-7-6-14-39-27/h3-18H,19-21H2,1-2H3,(H,31,36)(H,33,35)/b32-18-. The Morgan fingerprint density at radius 1 is 0.927 bits per heavy atom. The molecule has 4 aromatic rings. The fraction of sp³-hybridized carbons (Fsp3) is 0.167. The number of ether oxygens (including phenoxy) is 1. The van der Waals surface area contributed by atoms with Crippen LogP contribution in [0.15, 0.2) is 106 Å². The van der Waals surface area contributed by atoms with Crippen molar-refractivity contribution in [2.75, 3.05) is 17.5 Å². The molecule has 1 aromatic heterocycles. The lowest BCUT2D eigenvalue weighted by Gasteiger charge is -2.24. The summed E-state index contributed by atoms with van der Waals surface area (Å²) in [7, 11) is -4.02. The molecule has 10 nitrogen and oxygen atoms in total. The Hall–Kier alpha value is -4.90. The highest BCUT2D eigenvalue weighted by Gasteiger charge is 2.27. The number of benzene rings is 3. The smallest absolute Gasteiger partial charge is 0.264 e. The van der Waals surface area contributed by atoms with Crippen LogP contribution >= 0.6 is 0 Å². The first-order chi connectivity index (χ1) is 19.7. The highest BCUT2D eigenvalue weighted by molar-refractivity contribution is 7.92. The zero-order valence-corrected chi connectivity index (χ0v) is 23.4. The maximum absolute atomic E-state index is 13.5. The Morgan fingerprint density at radius 3 is 2.29 bits per heavy atom. The lowest BCUT2D eigenvalue weighted by Crippen LogP contribution is -2.39. The molecule has 0 saturated carbocycles. The number of sulfonamides is 1. The van der Waals surface area contributed by atoms with E-state index in [1.807, 2.05) is 19.9 Å². The van der Waals surface area contributed by atoms with E-state index in [0.29, 0.717) is 22.8 Å². The van der Waals surface area contributed by atoms with Crippen LogP contribution in [-0.2, 0) is 26.2 Å². The van der Waals surface area contributed by atoms with Crippen LogP contribution in [0.3, 0.4) is 0 Å². The second-order valence-corrected chi connectivity index (χ2v) is 11.0. The van der Waals surface area contributed by atoms with E-state index < -0.39 is 22.5 Å². The predicted molar refractivity (Wildman–Crippen MR) is 155 cm³/mol. The predicted octanol–water partition coefficient (Wildman–Crippen LogP) is 3.94. The largest absolute Gasteiger partial charge is 0.484 e. The highest BCUT2D eigenvalue weighted by atomic mass is 32.2. The molecule has 0 spiro atoms. The van der Waals surface area contributed by atoms with Crippen molar-refractivity contribution in [3.05, 3.63) is 114 Å². The Kier molecular flexibility index (Phi) is 9.54. The Labute approximate surface area is 238 Å². The van der Waals surface area contributed by atoms with Crippen LogP contribution in [0.2, 0.25) is 0 Å². The number of rotatable bonds is 12. The van der Waals surface area contributed by atoms with E-state index in [2.05, 4.69) is 15.8 Å². The van der Waals surface area contributed by atoms with Crippen LogP contribution in [0.25, 0.3) is 0 Å². The van der Waals surface area contributed by atoms with E-state index >= 15 is 0 Å². The third kappa shape index (κ3) is 8.29. The summed E-state index contributed by atoms with van der Waals surface area (Å²) in [6.45, 7) is 3.37. The number of nitrogens with zero attached hydrogens (tertiary/aromatic N) is 2. The van der Waals surface area contributed by atoms with Gasteiger partial charge < -0.3 is 14.5 Å². The fourth-order valence-corrected chi connectivity index (χ4v) is 5.35. The maximum atomic E-state index is 13.5. The summed E-state index contributed by atoms with van der Waals surface area (Å²) < 4.78 is 38.7. The minimum absolute atomic E-state index is 0.0766. The Morgan fingerprint density at radius 2 is 1.63 bits per heavy atom. The van der Waals surface area contributed by atoms with E-state index in [1.165, 1.54) is 24.6 Å². The number of amides is 2. The molecule has 0 atom stereocenters. The monoisotopic (exact) mass is 574 g/mol. The minimum Gasteiger partial charge on any atom is -0.484 e. The number of anilines is 1. The van der Waals surface area contributed by atoms with Gasteiger partial charge in [0.2, 0.25) is 0 Å². The van der Waals surface area contributed by atoms with E-state index in [1.54, 1.807) is 66.7 Å². The van der Waals surface area contributed by atoms with E-state index in [0.717, 1.165) is 15.4 Å². The molecule has 0 aliphatic rings. The molecule has 4 rings (SSSR count). The number of furan rings is 1. The van der Waals surface area contributed by atoms with Crippen molar-refractivity contribution in [2.24, 2.45) is 5.10 Å². The zero-order chi connectivity index (χ0) is 29.2. The number of aryl methyl sites for hydroxylation is 2. The molecule has 0 aliphatic carbocycles. The van der Waals surface area contributed by atoms with Gasteiger partial charge in [-0.3, -0.25) is 13.9 Å². The summed E-state index contributed by atoms with van der Waals surface area (Å²) in [5, 5.41) is 6.66. The molecule has 0 saturated heterocycles. The first kappa shape index (κ1) is 29.1. The molecule has 0 unspecified atom stereocenters. The molecule has 0 aliphatic heterocycles. The lowest BCUT2D eigenvalue weighted by molar-refractivity contribution is -0.123. The molecular formula is C30H30N4O6S. The van der Waals surface area contributed by atoms with Crippen LogP contribution < -0.4 is 19.8 Å². The highest BCUT2D eigenvalue weighted by Crippen LogP contribution is 2.25. The molecule has 0 bridgehead atoms. The van der Waals surface area contributed by atoms with Gasteiger partial charge in [0.15, 0.2) is 6.61 Å². The number of hydrogen-bond acceptors (Lipinski definition) is 7. The van der Waals surface area contributed by atoms with E-state index in [-0.39, 0.29) is 24.0 Å².